The van der Waals surface area contributed by atoms with Crippen LogP contribution in [0.15, 0.2) is 24.3 Å². The highest BCUT2D eigenvalue weighted by Crippen LogP contribution is 2.29. The van der Waals surface area contributed by atoms with E-state index >= 15 is 0 Å². The summed E-state index contributed by atoms with van der Waals surface area (Å²) in [5.41, 5.74) is -1.16. The van der Waals surface area contributed by atoms with E-state index in [1.54, 1.807) is 13.8 Å². The van der Waals surface area contributed by atoms with Crippen molar-refractivity contribution in [2.45, 2.75) is 38.7 Å². The van der Waals surface area contributed by atoms with Gasteiger partial charge in [0.05, 0.1) is 11.3 Å². The molecule has 0 unspecified atom stereocenters. The van der Waals surface area contributed by atoms with E-state index in [4.69, 9.17) is 0 Å². The zero-order valence-electron chi connectivity index (χ0n) is 12.3. The minimum Gasteiger partial charge on any atom is -0.404 e. The van der Waals surface area contributed by atoms with E-state index in [0.29, 0.717) is 12.8 Å². The van der Waals surface area contributed by atoms with Crippen LogP contribution in [-0.4, -0.2) is 29.6 Å². The lowest BCUT2D eigenvalue weighted by atomic mass is 9.98. The number of para-hydroxylation sites is 2. The predicted molar refractivity (Wildman–Crippen MR) is 75.7 cm³/mol. The predicted octanol–water partition coefficient (Wildman–Crippen LogP) is 3.26. The highest BCUT2D eigenvalue weighted by molar-refractivity contribution is 5.90. The molecule has 0 radical (unpaired) electrons. The Labute approximate surface area is 126 Å². The van der Waals surface area contributed by atoms with Gasteiger partial charge in [0.2, 0.25) is 0 Å². The molecule has 0 fully saturated rings. The average molecular weight is 320 g/mol. The summed E-state index contributed by atoms with van der Waals surface area (Å²) in [6, 6.07) is 4.48. The number of rotatable bonds is 6. The summed E-state index contributed by atoms with van der Waals surface area (Å²) in [7, 11) is 0. The third-order valence-corrected chi connectivity index (χ3v) is 3.26. The fraction of sp³-hybridized carbons (Fsp3) is 0.500. The van der Waals surface area contributed by atoms with Crippen molar-refractivity contribution in [3.05, 3.63) is 24.3 Å². The van der Waals surface area contributed by atoms with Gasteiger partial charge in [-0.05, 0) is 25.0 Å². The second kappa shape index (κ2) is 7.35. The smallest absolute Gasteiger partial charge is 0.404 e. The van der Waals surface area contributed by atoms with Crippen molar-refractivity contribution in [3.8, 4) is 5.75 Å². The molecule has 0 aliphatic carbocycles. The van der Waals surface area contributed by atoms with E-state index in [9.17, 15) is 23.1 Å². The molecule has 0 saturated carbocycles. The monoisotopic (exact) mass is 320 g/mol. The van der Waals surface area contributed by atoms with Crippen molar-refractivity contribution in [2.24, 2.45) is 0 Å². The summed E-state index contributed by atoms with van der Waals surface area (Å²) in [5.74, 6) is -0.508. The minimum absolute atomic E-state index is 0.00583. The maximum atomic E-state index is 12.3. The van der Waals surface area contributed by atoms with Crippen LogP contribution in [0.4, 0.5) is 23.7 Å². The number of carbonyl (C=O) groups excluding carboxylic acids is 1. The van der Waals surface area contributed by atoms with Crippen LogP contribution in [0.1, 0.15) is 26.7 Å². The number of aliphatic hydroxyl groups is 1. The molecule has 0 aliphatic rings. The molecule has 0 bridgehead atoms. The standard InChI is InChI=1S/C14H19F3N2O3/c1-3-13(21,4-2)9-18-12(20)19-10-7-5-6-8-11(10)22-14(15,16)17/h5-8,21H,3-4,9H2,1-2H3,(H2,18,19,20). The number of alkyl halides is 3. The first-order chi connectivity index (χ1) is 10.2. The van der Waals surface area contributed by atoms with Crippen molar-refractivity contribution in [1.29, 1.82) is 0 Å². The summed E-state index contributed by atoms with van der Waals surface area (Å²) in [4.78, 5) is 11.7. The van der Waals surface area contributed by atoms with Gasteiger partial charge >= 0.3 is 12.4 Å². The van der Waals surface area contributed by atoms with Gasteiger partial charge in [-0.3, -0.25) is 0 Å². The highest BCUT2D eigenvalue weighted by Gasteiger charge is 2.32. The first-order valence-electron chi connectivity index (χ1n) is 6.81. The molecule has 0 aromatic heterocycles. The van der Waals surface area contributed by atoms with Crippen molar-refractivity contribution >= 4 is 11.7 Å². The quantitative estimate of drug-likeness (QED) is 0.753. The van der Waals surface area contributed by atoms with Gasteiger partial charge in [-0.2, -0.15) is 0 Å². The zero-order valence-corrected chi connectivity index (χ0v) is 12.3. The van der Waals surface area contributed by atoms with Crippen LogP contribution in [0, 0.1) is 0 Å². The third-order valence-electron chi connectivity index (χ3n) is 3.26. The molecule has 1 aromatic rings. The van der Waals surface area contributed by atoms with E-state index in [1.165, 1.54) is 18.2 Å². The first-order valence-corrected chi connectivity index (χ1v) is 6.81. The molecule has 1 rings (SSSR count). The van der Waals surface area contributed by atoms with Gasteiger partial charge in [-0.25, -0.2) is 4.79 Å². The molecule has 124 valence electrons. The van der Waals surface area contributed by atoms with E-state index in [2.05, 4.69) is 15.4 Å². The van der Waals surface area contributed by atoms with Crippen LogP contribution >= 0.6 is 0 Å². The number of ether oxygens (including phenoxy) is 1. The van der Waals surface area contributed by atoms with E-state index < -0.39 is 23.7 Å². The lowest BCUT2D eigenvalue weighted by molar-refractivity contribution is -0.274. The van der Waals surface area contributed by atoms with Crippen LogP contribution in [0.2, 0.25) is 0 Å². The number of hydrogen-bond acceptors (Lipinski definition) is 3. The summed E-state index contributed by atoms with van der Waals surface area (Å²) in [6.07, 6.45) is -3.96. The molecule has 22 heavy (non-hydrogen) atoms. The van der Waals surface area contributed by atoms with Crippen molar-refractivity contribution < 1.29 is 27.8 Å². The van der Waals surface area contributed by atoms with Gasteiger partial charge in [0, 0.05) is 6.54 Å². The van der Waals surface area contributed by atoms with Crippen molar-refractivity contribution in [2.75, 3.05) is 11.9 Å². The van der Waals surface area contributed by atoms with Crippen molar-refractivity contribution in [3.63, 3.8) is 0 Å². The summed E-state index contributed by atoms with van der Waals surface area (Å²) < 4.78 is 40.6. The van der Waals surface area contributed by atoms with Gasteiger partial charge in [0.25, 0.3) is 0 Å². The lowest BCUT2D eigenvalue weighted by Gasteiger charge is -2.25. The Bertz CT molecular complexity index is 502. The van der Waals surface area contributed by atoms with Gasteiger partial charge in [-0.1, -0.05) is 26.0 Å². The number of carbonyl (C=O) groups is 1. The number of urea groups is 1. The molecule has 0 saturated heterocycles. The molecule has 0 aliphatic heterocycles. The van der Waals surface area contributed by atoms with Crippen LogP contribution < -0.4 is 15.4 Å². The molecule has 0 heterocycles. The molecule has 0 spiro atoms. The molecule has 2 amide bonds. The fourth-order valence-electron chi connectivity index (χ4n) is 1.69. The maximum absolute atomic E-state index is 12.3. The Morgan fingerprint density at radius 2 is 1.82 bits per heavy atom. The Balaban J connectivity index is 2.69. The maximum Gasteiger partial charge on any atom is 0.573 e. The van der Waals surface area contributed by atoms with Crippen molar-refractivity contribution in [1.82, 2.24) is 5.32 Å². The van der Waals surface area contributed by atoms with E-state index in [0.717, 1.165) is 6.07 Å². The summed E-state index contributed by atoms with van der Waals surface area (Å²) in [5, 5.41) is 14.7. The number of benzene rings is 1. The molecule has 0 atom stereocenters. The lowest BCUT2D eigenvalue weighted by Crippen LogP contribution is -2.43. The molecule has 1 aromatic carbocycles. The van der Waals surface area contributed by atoms with Gasteiger partial charge in [-0.15, -0.1) is 13.2 Å². The Kier molecular flexibility index (Phi) is 6.04. The van der Waals surface area contributed by atoms with Crippen LogP contribution in [-0.2, 0) is 0 Å². The highest BCUT2D eigenvalue weighted by atomic mass is 19.4. The first kappa shape index (κ1) is 18.1. The second-order valence-corrected chi connectivity index (χ2v) is 4.78. The number of amides is 2. The van der Waals surface area contributed by atoms with E-state index in [1.807, 2.05) is 0 Å². The molecule has 3 N–H and O–H groups in total. The second-order valence-electron chi connectivity index (χ2n) is 4.78. The number of halogens is 3. The third kappa shape index (κ3) is 5.80. The van der Waals surface area contributed by atoms with Crippen LogP contribution in [0.25, 0.3) is 0 Å². The van der Waals surface area contributed by atoms with Gasteiger partial charge in [0.15, 0.2) is 5.75 Å². The normalized spacial score (nSPS) is 11.9. The van der Waals surface area contributed by atoms with Gasteiger partial charge < -0.3 is 20.5 Å². The van der Waals surface area contributed by atoms with Gasteiger partial charge in [0.1, 0.15) is 0 Å². The number of hydrogen-bond donors (Lipinski definition) is 3. The minimum atomic E-state index is -4.85. The summed E-state index contributed by atoms with van der Waals surface area (Å²) in [6.45, 7) is 3.54. The fourth-order valence-corrected chi connectivity index (χ4v) is 1.69. The largest absolute Gasteiger partial charge is 0.573 e. The number of anilines is 1. The zero-order chi connectivity index (χ0) is 16.8. The number of nitrogens with one attached hydrogen (secondary N) is 2. The molecule has 8 heteroatoms. The Morgan fingerprint density at radius 1 is 1.23 bits per heavy atom. The molecular formula is C14H19F3N2O3. The topological polar surface area (TPSA) is 70.6 Å². The molecule has 5 nitrogen and oxygen atoms in total. The summed E-state index contributed by atoms with van der Waals surface area (Å²) >= 11 is 0. The Morgan fingerprint density at radius 3 is 2.36 bits per heavy atom. The van der Waals surface area contributed by atoms with E-state index in [-0.39, 0.29) is 12.2 Å². The van der Waals surface area contributed by atoms with Crippen LogP contribution in [0.5, 0.6) is 5.75 Å². The SMILES string of the molecule is CCC(O)(CC)CNC(=O)Nc1ccccc1OC(F)(F)F. The average Bonchev–Trinajstić information content (AvgIpc) is 2.45. The Hall–Kier alpha value is -1.96. The molecular weight excluding hydrogens is 301 g/mol. The van der Waals surface area contributed by atoms with Crippen LogP contribution in [0.3, 0.4) is 0 Å².